The molecule has 9 heteroatoms. The second kappa shape index (κ2) is 9.39. The van der Waals surface area contributed by atoms with Gasteiger partial charge in [0, 0.05) is 22.2 Å². The number of hydrogen-bond donors (Lipinski definition) is 1. The molecule has 0 unspecified atom stereocenters. The summed E-state index contributed by atoms with van der Waals surface area (Å²) < 4.78 is 2.00. The van der Waals surface area contributed by atoms with Crippen LogP contribution in [0.4, 0.5) is 0 Å². The molecule has 0 bridgehead atoms. The maximum absolute atomic E-state index is 12.5. The number of H-pyrrole nitrogens is 1. The standard InChI is InChI=1S/C24H17Cl2N5OS/c25-16-6-9-18(10-7-16)31-22(12-15-4-2-1-3-5-15)29-30-24(31)33-14-21-27-20-13-17(26)8-11-19(20)23(32)28-21/h1-11,13H,12,14H2,(H,27,28,32). The molecule has 0 radical (unpaired) electrons. The number of fused-ring (bicyclic) bond motifs is 1. The number of halogens is 2. The molecule has 5 rings (SSSR count). The fourth-order valence-corrected chi connectivity index (χ4v) is 4.63. The van der Waals surface area contributed by atoms with Gasteiger partial charge in [-0.25, -0.2) is 4.98 Å². The van der Waals surface area contributed by atoms with Gasteiger partial charge in [0.05, 0.1) is 16.7 Å². The fourth-order valence-electron chi connectivity index (χ4n) is 3.50. The van der Waals surface area contributed by atoms with Crippen molar-refractivity contribution in [2.75, 3.05) is 0 Å². The SMILES string of the molecule is O=c1[nH]c(CSc2nnc(Cc3ccccc3)n2-c2ccc(Cl)cc2)nc2cc(Cl)ccc12. The number of hydrogen-bond acceptors (Lipinski definition) is 5. The Hall–Kier alpha value is -3.13. The molecule has 2 heterocycles. The lowest BCUT2D eigenvalue weighted by Gasteiger charge is -2.11. The first-order valence-electron chi connectivity index (χ1n) is 10.1. The highest BCUT2D eigenvalue weighted by Crippen LogP contribution is 2.26. The molecule has 1 N–H and O–H groups in total. The Morgan fingerprint density at radius 2 is 1.67 bits per heavy atom. The molecule has 2 aromatic heterocycles. The fraction of sp³-hybridized carbons (Fsp3) is 0.0833. The first kappa shape index (κ1) is 21.7. The molecule has 0 saturated heterocycles. The lowest BCUT2D eigenvalue weighted by atomic mass is 10.1. The average molecular weight is 494 g/mol. The van der Waals surface area contributed by atoms with E-state index in [0.29, 0.717) is 44.1 Å². The van der Waals surface area contributed by atoms with E-state index in [9.17, 15) is 4.79 Å². The van der Waals surface area contributed by atoms with Crippen molar-refractivity contribution in [3.8, 4) is 5.69 Å². The Morgan fingerprint density at radius 1 is 0.909 bits per heavy atom. The molecule has 3 aromatic carbocycles. The number of nitrogens with zero attached hydrogens (tertiary/aromatic N) is 4. The van der Waals surface area contributed by atoms with Gasteiger partial charge in [-0.1, -0.05) is 65.3 Å². The van der Waals surface area contributed by atoms with Crippen molar-refractivity contribution in [3.05, 3.63) is 110 Å². The van der Waals surface area contributed by atoms with Crippen LogP contribution in [0.3, 0.4) is 0 Å². The van der Waals surface area contributed by atoms with Crippen molar-refractivity contribution in [1.29, 1.82) is 0 Å². The Labute approximate surface area is 203 Å². The van der Waals surface area contributed by atoms with Gasteiger partial charge in [-0.2, -0.15) is 0 Å². The molecule has 0 aliphatic carbocycles. The van der Waals surface area contributed by atoms with E-state index in [1.165, 1.54) is 11.8 Å². The quantitative estimate of drug-likeness (QED) is 0.307. The summed E-state index contributed by atoms with van der Waals surface area (Å²) in [7, 11) is 0. The molecular formula is C24H17Cl2N5OS. The van der Waals surface area contributed by atoms with Crippen LogP contribution >= 0.6 is 35.0 Å². The lowest BCUT2D eigenvalue weighted by molar-refractivity contribution is 0.846. The summed E-state index contributed by atoms with van der Waals surface area (Å²) in [5.41, 5.74) is 2.40. The molecule has 0 aliphatic heterocycles. The van der Waals surface area contributed by atoms with Crippen LogP contribution in [0.5, 0.6) is 0 Å². The van der Waals surface area contributed by atoms with Crippen molar-refractivity contribution in [2.24, 2.45) is 0 Å². The second-order valence-electron chi connectivity index (χ2n) is 7.34. The van der Waals surface area contributed by atoms with E-state index in [-0.39, 0.29) is 5.56 Å². The van der Waals surface area contributed by atoms with Crippen LogP contribution in [0.15, 0.2) is 82.7 Å². The van der Waals surface area contributed by atoms with Crippen LogP contribution in [0.25, 0.3) is 16.6 Å². The van der Waals surface area contributed by atoms with Crippen LogP contribution in [-0.2, 0) is 12.2 Å². The molecule has 164 valence electrons. The van der Waals surface area contributed by atoms with Gasteiger partial charge in [0.2, 0.25) is 0 Å². The minimum atomic E-state index is -0.198. The molecule has 0 aliphatic rings. The largest absolute Gasteiger partial charge is 0.309 e. The summed E-state index contributed by atoms with van der Waals surface area (Å²) in [5.74, 6) is 1.75. The van der Waals surface area contributed by atoms with Crippen LogP contribution < -0.4 is 5.56 Å². The van der Waals surface area contributed by atoms with Gasteiger partial charge < -0.3 is 4.98 Å². The van der Waals surface area contributed by atoms with Crippen molar-refractivity contribution < 1.29 is 0 Å². The van der Waals surface area contributed by atoms with Gasteiger partial charge in [0.1, 0.15) is 11.6 Å². The predicted octanol–water partition coefficient (Wildman–Crippen LogP) is 5.69. The third-order valence-electron chi connectivity index (χ3n) is 5.05. The van der Waals surface area contributed by atoms with Crippen LogP contribution in [0.1, 0.15) is 17.2 Å². The first-order chi connectivity index (χ1) is 16.1. The maximum atomic E-state index is 12.5. The van der Waals surface area contributed by atoms with E-state index in [2.05, 4.69) is 32.3 Å². The van der Waals surface area contributed by atoms with Crippen LogP contribution in [0.2, 0.25) is 10.0 Å². The zero-order chi connectivity index (χ0) is 22.8. The number of thioether (sulfide) groups is 1. The van der Waals surface area contributed by atoms with Gasteiger partial charge in [-0.15, -0.1) is 10.2 Å². The summed E-state index contributed by atoms with van der Waals surface area (Å²) in [6.45, 7) is 0. The summed E-state index contributed by atoms with van der Waals surface area (Å²) in [5, 5.41) is 11.3. The number of nitrogens with one attached hydrogen (secondary N) is 1. The minimum absolute atomic E-state index is 0.198. The zero-order valence-corrected chi connectivity index (χ0v) is 19.5. The van der Waals surface area contributed by atoms with E-state index in [1.54, 1.807) is 18.2 Å². The molecule has 33 heavy (non-hydrogen) atoms. The third kappa shape index (κ3) is 4.80. The summed E-state index contributed by atoms with van der Waals surface area (Å²) in [6.07, 6.45) is 0.626. The lowest BCUT2D eigenvalue weighted by Crippen LogP contribution is -2.11. The summed E-state index contributed by atoms with van der Waals surface area (Å²) in [4.78, 5) is 19.9. The molecule has 6 nitrogen and oxygen atoms in total. The Morgan fingerprint density at radius 3 is 2.45 bits per heavy atom. The van der Waals surface area contributed by atoms with Gasteiger partial charge >= 0.3 is 0 Å². The van der Waals surface area contributed by atoms with E-state index >= 15 is 0 Å². The van der Waals surface area contributed by atoms with Crippen molar-refractivity contribution in [1.82, 2.24) is 24.7 Å². The van der Waals surface area contributed by atoms with E-state index < -0.39 is 0 Å². The Bertz CT molecular complexity index is 1480. The molecule has 0 spiro atoms. The van der Waals surface area contributed by atoms with Gasteiger partial charge in [-0.3, -0.25) is 9.36 Å². The van der Waals surface area contributed by atoms with Crippen molar-refractivity contribution in [2.45, 2.75) is 17.3 Å². The second-order valence-corrected chi connectivity index (χ2v) is 9.15. The molecule has 0 fully saturated rings. The average Bonchev–Trinajstić information content (AvgIpc) is 3.21. The van der Waals surface area contributed by atoms with Gasteiger partial charge in [-0.05, 0) is 48.0 Å². The number of aromatic nitrogens is 5. The van der Waals surface area contributed by atoms with Crippen molar-refractivity contribution >= 4 is 45.9 Å². The molecule has 0 saturated carbocycles. The summed E-state index contributed by atoms with van der Waals surface area (Å²) >= 11 is 13.6. The topological polar surface area (TPSA) is 76.5 Å². The zero-order valence-electron chi connectivity index (χ0n) is 17.2. The molecule has 0 amide bonds. The van der Waals surface area contributed by atoms with Gasteiger partial charge in [0.15, 0.2) is 5.16 Å². The van der Waals surface area contributed by atoms with E-state index in [0.717, 1.165) is 17.1 Å². The van der Waals surface area contributed by atoms with E-state index in [1.807, 2.05) is 47.0 Å². The predicted molar refractivity (Wildman–Crippen MR) is 133 cm³/mol. The highest BCUT2D eigenvalue weighted by Gasteiger charge is 2.16. The monoisotopic (exact) mass is 493 g/mol. The molecule has 5 aromatic rings. The number of aromatic amines is 1. The first-order valence-corrected chi connectivity index (χ1v) is 11.9. The Kier molecular flexibility index (Phi) is 6.17. The number of benzene rings is 3. The van der Waals surface area contributed by atoms with Crippen molar-refractivity contribution in [3.63, 3.8) is 0 Å². The third-order valence-corrected chi connectivity index (χ3v) is 6.47. The maximum Gasteiger partial charge on any atom is 0.258 e. The summed E-state index contributed by atoms with van der Waals surface area (Å²) in [6, 6.07) is 22.7. The van der Waals surface area contributed by atoms with E-state index in [4.69, 9.17) is 23.2 Å². The van der Waals surface area contributed by atoms with Crippen LogP contribution in [-0.4, -0.2) is 24.7 Å². The van der Waals surface area contributed by atoms with Gasteiger partial charge in [0.25, 0.3) is 5.56 Å². The minimum Gasteiger partial charge on any atom is -0.309 e. The normalized spacial score (nSPS) is 11.2. The Balaban J connectivity index is 1.48. The highest BCUT2D eigenvalue weighted by molar-refractivity contribution is 7.98. The molecule has 0 atom stereocenters. The van der Waals surface area contributed by atoms with Crippen LogP contribution in [0, 0.1) is 0 Å². The molecular weight excluding hydrogens is 477 g/mol. The highest BCUT2D eigenvalue weighted by atomic mass is 35.5. The number of rotatable bonds is 6. The smallest absolute Gasteiger partial charge is 0.258 e.